The number of para-hydroxylation sites is 1. The van der Waals surface area contributed by atoms with Gasteiger partial charge in [0.25, 0.3) is 0 Å². The molecule has 0 aliphatic rings. The van der Waals surface area contributed by atoms with Gasteiger partial charge in [-0.2, -0.15) is 0 Å². The Kier molecular flexibility index (Phi) is 4.94. The highest BCUT2D eigenvalue weighted by atomic mass is 35.5. The molecule has 0 fully saturated rings. The van der Waals surface area contributed by atoms with Gasteiger partial charge in [-0.15, -0.1) is 0 Å². The summed E-state index contributed by atoms with van der Waals surface area (Å²) in [6.07, 6.45) is 0. The molecular formula is C14H11Cl3O2. The van der Waals surface area contributed by atoms with Gasteiger partial charge in [0, 0.05) is 21.2 Å². The van der Waals surface area contributed by atoms with E-state index in [1.165, 1.54) is 0 Å². The second-order valence-electron chi connectivity index (χ2n) is 3.91. The zero-order chi connectivity index (χ0) is 13.8. The average Bonchev–Trinajstić information content (AvgIpc) is 2.39. The molecule has 2 rings (SSSR count). The van der Waals surface area contributed by atoms with Crippen LogP contribution in [0.4, 0.5) is 0 Å². The lowest BCUT2D eigenvalue weighted by atomic mass is 10.2. The third-order valence-corrected chi connectivity index (χ3v) is 3.49. The van der Waals surface area contributed by atoms with Gasteiger partial charge in [-0.1, -0.05) is 53.0 Å². The Labute approximate surface area is 126 Å². The lowest BCUT2D eigenvalue weighted by Gasteiger charge is -2.12. The normalized spacial score (nSPS) is 10.5. The van der Waals surface area contributed by atoms with Crippen LogP contribution in [0.15, 0.2) is 36.4 Å². The number of aliphatic hydroxyl groups excluding tert-OH is 1. The minimum absolute atomic E-state index is 0.135. The standard InChI is InChI=1S/C14H11Cl3O2/c15-11-5-4-10(13(17)6-11)8-19-14-9(7-18)2-1-3-12(14)16/h1-6,18H,7-8H2. The molecule has 0 saturated heterocycles. The molecule has 1 N–H and O–H groups in total. The maximum atomic E-state index is 9.25. The summed E-state index contributed by atoms with van der Waals surface area (Å²) >= 11 is 17.9. The van der Waals surface area contributed by atoms with E-state index in [0.717, 1.165) is 5.56 Å². The van der Waals surface area contributed by atoms with Gasteiger partial charge in [-0.05, 0) is 18.2 Å². The smallest absolute Gasteiger partial charge is 0.143 e. The third-order valence-electron chi connectivity index (χ3n) is 2.61. The van der Waals surface area contributed by atoms with Crippen LogP contribution in [0.2, 0.25) is 15.1 Å². The molecule has 0 bridgehead atoms. The van der Waals surface area contributed by atoms with Crippen molar-refractivity contribution in [1.82, 2.24) is 0 Å². The van der Waals surface area contributed by atoms with Crippen LogP contribution in [-0.2, 0) is 13.2 Å². The van der Waals surface area contributed by atoms with Gasteiger partial charge in [0.05, 0.1) is 11.6 Å². The number of benzene rings is 2. The van der Waals surface area contributed by atoms with Crippen molar-refractivity contribution in [3.63, 3.8) is 0 Å². The van der Waals surface area contributed by atoms with E-state index >= 15 is 0 Å². The van der Waals surface area contributed by atoms with Crippen LogP contribution in [0.5, 0.6) is 5.75 Å². The average molecular weight is 318 g/mol. The van der Waals surface area contributed by atoms with E-state index in [9.17, 15) is 5.11 Å². The Morgan fingerprint density at radius 1 is 0.947 bits per heavy atom. The van der Waals surface area contributed by atoms with Gasteiger partial charge < -0.3 is 9.84 Å². The Morgan fingerprint density at radius 2 is 1.74 bits per heavy atom. The minimum Gasteiger partial charge on any atom is -0.487 e. The number of hydrogen-bond donors (Lipinski definition) is 1. The van der Waals surface area contributed by atoms with Gasteiger partial charge >= 0.3 is 0 Å². The molecule has 100 valence electrons. The van der Waals surface area contributed by atoms with E-state index in [1.54, 1.807) is 36.4 Å². The number of aliphatic hydroxyl groups is 1. The fourth-order valence-corrected chi connectivity index (χ4v) is 2.34. The number of ether oxygens (including phenoxy) is 1. The van der Waals surface area contributed by atoms with Crippen LogP contribution < -0.4 is 4.74 Å². The summed E-state index contributed by atoms with van der Waals surface area (Å²) in [7, 11) is 0. The van der Waals surface area contributed by atoms with Crippen molar-refractivity contribution in [2.24, 2.45) is 0 Å². The molecule has 0 amide bonds. The molecule has 2 aromatic rings. The topological polar surface area (TPSA) is 29.5 Å². The van der Waals surface area contributed by atoms with Crippen LogP contribution in [0.25, 0.3) is 0 Å². The highest BCUT2D eigenvalue weighted by Crippen LogP contribution is 2.30. The quantitative estimate of drug-likeness (QED) is 0.884. The molecule has 0 aliphatic carbocycles. The number of halogens is 3. The first kappa shape index (κ1) is 14.5. The Bertz CT molecular complexity index is 585. The van der Waals surface area contributed by atoms with Crippen molar-refractivity contribution in [1.29, 1.82) is 0 Å². The van der Waals surface area contributed by atoms with E-state index in [-0.39, 0.29) is 13.2 Å². The van der Waals surface area contributed by atoms with Crippen molar-refractivity contribution in [2.45, 2.75) is 13.2 Å². The van der Waals surface area contributed by atoms with Crippen molar-refractivity contribution in [2.75, 3.05) is 0 Å². The van der Waals surface area contributed by atoms with Gasteiger partial charge in [0.1, 0.15) is 12.4 Å². The summed E-state index contributed by atoms with van der Waals surface area (Å²) in [5, 5.41) is 10.8. The lowest BCUT2D eigenvalue weighted by molar-refractivity contribution is 0.259. The third kappa shape index (κ3) is 3.54. The monoisotopic (exact) mass is 316 g/mol. The minimum atomic E-state index is -0.135. The second kappa shape index (κ2) is 6.49. The zero-order valence-electron chi connectivity index (χ0n) is 9.87. The van der Waals surface area contributed by atoms with Crippen molar-refractivity contribution in [3.8, 4) is 5.75 Å². The molecule has 5 heteroatoms. The highest BCUT2D eigenvalue weighted by Gasteiger charge is 2.09. The first-order valence-corrected chi connectivity index (χ1v) is 6.70. The molecule has 0 unspecified atom stereocenters. The summed E-state index contributed by atoms with van der Waals surface area (Å²) in [6.45, 7) is 0.122. The number of rotatable bonds is 4. The molecule has 0 aromatic heterocycles. The maximum Gasteiger partial charge on any atom is 0.143 e. The Balaban J connectivity index is 2.19. The fraction of sp³-hybridized carbons (Fsp3) is 0.143. The van der Waals surface area contributed by atoms with Crippen LogP contribution in [-0.4, -0.2) is 5.11 Å². The van der Waals surface area contributed by atoms with E-state index in [0.29, 0.717) is 26.4 Å². The summed E-state index contributed by atoms with van der Waals surface area (Å²) in [5.74, 6) is 0.470. The Hall–Kier alpha value is -0.930. The predicted octanol–water partition coefficient (Wildman–Crippen LogP) is 4.72. The van der Waals surface area contributed by atoms with E-state index in [1.807, 2.05) is 0 Å². The van der Waals surface area contributed by atoms with E-state index in [2.05, 4.69) is 0 Å². The molecule has 2 nitrogen and oxygen atoms in total. The maximum absolute atomic E-state index is 9.25. The predicted molar refractivity (Wildman–Crippen MR) is 78.2 cm³/mol. The molecule has 2 aromatic carbocycles. The summed E-state index contributed by atoms with van der Waals surface area (Å²) in [5.41, 5.74) is 1.44. The molecule has 0 heterocycles. The Morgan fingerprint density at radius 3 is 2.42 bits per heavy atom. The van der Waals surface area contributed by atoms with Crippen LogP contribution >= 0.6 is 34.8 Å². The van der Waals surface area contributed by atoms with Crippen LogP contribution in [0.1, 0.15) is 11.1 Å². The van der Waals surface area contributed by atoms with Gasteiger partial charge in [0.15, 0.2) is 0 Å². The summed E-state index contributed by atoms with van der Waals surface area (Å²) in [4.78, 5) is 0. The summed E-state index contributed by atoms with van der Waals surface area (Å²) in [6, 6.07) is 10.4. The molecule has 0 radical (unpaired) electrons. The SMILES string of the molecule is OCc1cccc(Cl)c1OCc1ccc(Cl)cc1Cl. The van der Waals surface area contributed by atoms with Gasteiger partial charge in [0.2, 0.25) is 0 Å². The van der Waals surface area contributed by atoms with Crippen molar-refractivity contribution in [3.05, 3.63) is 62.6 Å². The highest BCUT2D eigenvalue weighted by molar-refractivity contribution is 6.35. The van der Waals surface area contributed by atoms with Crippen LogP contribution in [0, 0.1) is 0 Å². The molecule has 0 aliphatic heterocycles. The first-order chi connectivity index (χ1) is 9.11. The zero-order valence-corrected chi connectivity index (χ0v) is 12.1. The fourth-order valence-electron chi connectivity index (χ4n) is 1.63. The van der Waals surface area contributed by atoms with E-state index in [4.69, 9.17) is 39.5 Å². The molecule has 0 saturated carbocycles. The van der Waals surface area contributed by atoms with Gasteiger partial charge in [-0.3, -0.25) is 0 Å². The van der Waals surface area contributed by atoms with Crippen molar-refractivity contribution < 1.29 is 9.84 Å². The molecule has 0 atom stereocenters. The van der Waals surface area contributed by atoms with Crippen molar-refractivity contribution >= 4 is 34.8 Å². The largest absolute Gasteiger partial charge is 0.487 e. The molecule has 19 heavy (non-hydrogen) atoms. The first-order valence-electron chi connectivity index (χ1n) is 5.57. The van der Waals surface area contributed by atoms with Gasteiger partial charge in [-0.25, -0.2) is 0 Å². The summed E-state index contributed by atoms with van der Waals surface area (Å²) < 4.78 is 5.65. The molecule has 0 spiro atoms. The molecular weight excluding hydrogens is 307 g/mol. The van der Waals surface area contributed by atoms with Crippen LogP contribution in [0.3, 0.4) is 0 Å². The second-order valence-corrected chi connectivity index (χ2v) is 5.16. The van der Waals surface area contributed by atoms with E-state index < -0.39 is 0 Å². The number of hydrogen-bond acceptors (Lipinski definition) is 2. The lowest BCUT2D eigenvalue weighted by Crippen LogP contribution is -2.00.